The third-order valence-corrected chi connectivity index (χ3v) is 4.27. The van der Waals surface area contributed by atoms with Crippen molar-refractivity contribution in [2.45, 2.75) is 6.54 Å². The molecule has 0 unspecified atom stereocenters. The molecule has 2 aromatic heterocycles. The molecule has 0 fully saturated rings. The van der Waals surface area contributed by atoms with Crippen molar-refractivity contribution in [1.82, 2.24) is 4.98 Å². The van der Waals surface area contributed by atoms with Gasteiger partial charge in [-0.2, -0.15) is 0 Å². The predicted octanol–water partition coefficient (Wildman–Crippen LogP) is 4.28. The van der Waals surface area contributed by atoms with Crippen LogP contribution < -0.4 is 5.32 Å². The van der Waals surface area contributed by atoms with Crippen molar-refractivity contribution in [3.05, 3.63) is 43.7 Å². The highest BCUT2D eigenvalue weighted by atomic mass is 79.9. The number of thiophene rings is 1. The van der Waals surface area contributed by atoms with Gasteiger partial charge < -0.3 is 5.32 Å². The maximum Gasteiger partial charge on any atom is 0.106 e. The molecular weight excluding hydrogens is 340 g/mol. The van der Waals surface area contributed by atoms with Gasteiger partial charge in [-0.05, 0) is 55.4 Å². The first-order chi connectivity index (χ1) is 7.25. The van der Waals surface area contributed by atoms with Gasteiger partial charge in [0.15, 0.2) is 0 Å². The van der Waals surface area contributed by atoms with Gasteiger partial charge in [-0.1, -0.05) is 0 Å². The highest BCUT2D eigenvalue weighted by Gasteiger charge is 2.00. The summed E-state index contributed by atoms with van der Waals surface area (Å²) in [5.74, 6) is 0. The van der Waals surface area contributed by atoms with Crippen LogP contribution in [0.2, 0.25) is 0 Å². The fourth-order valence-electron chi connectivity index (χ4n) is 1.11. The molecule has 0 atom stereocenters. The molecule has 2 rings (SSSR count). The Bertz CT molecular complexity index is 439. The van der Waals surface area contributed by atoms with Crippen LogP contribution in [0, 0.1) is 0 Å². The molecule has 0 saturated heterocycles. The lowest BCUT2D eigenvalue weighted by atomic mass is 10.4. The van der Waals surface area contributed by atoms with Gasteiger partial charge in [0.25, 0.3) is 0 Å². The molecule has 15 heavy (non-hydrogen) atoms. The first-order valence-electron chi connectivity index (χ1n) is 4.33. The molecule has 0 spiro atoms. The topological polar surface area (TPSA) is 24.9 Å². The predicted molar refractivity (Wildman–Crippen MR) is 71.3 cm³/mol. The molecule has 0 aliphatic rings. The van der Waals surface area contributed by atoms with E-state index in [2.05, 4.69) is 53.6 Å². The molecule has 78 valence electrons. The maximum absolute atomic E-state index is 4.15. The van der Waals surface area contributed by atoms with E-state index in [0.717, 1.165) is 21.3 Å². The number of pyridine rings is 1. The highest BCUT2D eigenvalue weighted by Crippen LogP contribution is 2.23. The Balaban J connectivity index is 1.99. The summed E-state index contributed by atoms with van der Waals surface area (Å²) in [5, 5.41) is 5.38. The maximum atomic E-state index is 4.15. The van der Waals surface area contributed by atoms with Crippen LogP contribution >= 0.6 is 43.2 Å². The van der Waals surface area contributed by atoms with Crippen LogP contribution in [0.5, 0.6) is 0 Å². The second-order valence-corrected chi connectivity index (χ2v) is 5.58. The Hall–Kier alpha value is -0.390. The SMILES string of the molecule is Brc1ccc(NCc2sccc2Br)cn1. The second-order valence-electron chi connectivity index (χ2n) is 2.91. The summed E-state index contributed by atoms with van der Waals surface area (Å²) >= 11 is 8.53. The van der Waals surface area contributed by atoms with E-state index >= 15 is 0 Å². The number of aromatic nitrogens is 1. The van der Waals surface area contributed by atoms with Gasteiger partial charge in [0.1, 0.15) is 4.60 Å². The molecule has 2 nitrogen and oxygen atoms in total. The molecule has 0 bridgehead atoms. The van der Waals surface area contributed by atoms with E-state index in [1.54, 1.807) is 11.3 Å². The minimum atomic E-state index is 0.821. The minimum absolute atomic E-state index is 0.821. The van der Waals surface area contributed by atoms with E-state index in [4.69, 9.17) is 0 Å². The first kappa shape index (κ1) is 11.1. The van der Waals surface area contributed by atoms with Crippen LogP contribution in [-0.2, 0) is 6.54 Å². The highest BCUT2D eigenvalue weighted by molar-refractivity contribution is 9.10. The largest absolute Gasteiger partial charge is 0.379 e. The van der Waals surface area contributed by atoms with Gasteiger partial charge >= 0.3 is 0 Å². The molecular formula is C10H8Br2N2S. The van der Waals surface area contributed by atoms with Crippen molar-refractivity contribution in [3.63, 3.8) is 0 Å². The Morgan fingerprint density at radius 2 is 2.13 bits per heavy atom. The molecule has 0 amide bonds. The van der Waals surface area contributed by atoms with Gasteiger partial charge in [0.2, 0.25) is 0 Å². The standard InChI is InChI=1S/C10H8Br2N2S/c11-8-3-4-15-9(8)6-13-7-1-2-10(12)14-5-7/h1-5,13H,6H2. The van der Waals surface area contributed by atoms with Crippen molar-refractivity contribution in [2.75, 3.05) is 5.32 Å². The van der Waals surface area contributed by atoms with Crippen LogP contribution in [0.4, 0.5) is 5.69 Å². The third kappa shape index (κ3) is 3.03. The Kier molecular flexibility index (Phi) is 3.77. The van der Waals surface area contributed by atoms with Crippen molar-refractivity contribution in [3.8, 4) is 0 Å². The van der Waals surface area contributed by atoms with E-state index in [9.17, 15) is 0 Å². The second kappa shape index (κ2) is 5.09. The van der Waals surface area contributed by atoms with Crippen LogP contribution in [0.3, 0.4) is 0 Å². The first-order valence-corrected chi connectivity index (χ1v) is 6.79. The molecule has 0 aromatic carbocycles. The van der Waals surface area contributed by atoms with Crippen LogP contribution in [0.1, 0.15) is 4.88 Å². The number of hydrogen-bond donors (Lipinski definition) is 1. The zero-order valence-electron chi connectivity index (χ0n) is 7.71. The van der Waals surface area contributed by atoms with Crippen molar-refractivity contribution >= 4 is 48.9 Å². The zero-order valence-corrected chi connectivity index (χ0v) is 11.7. The molecule has 0 radical (unpaired) electrons. The smallest absolute Gasteiger partial charge is 0.106 e. The average molecular weight is 348 g/mol. The van der Waals surface area contributed by atoms with E-state index in [-0.39, 0.29) is 0 Å². The summed E-state index contributed by atoms with van der Waals surface area (Å²) in [6, 6.07) is 5.98. The van der Waals surface area contributed by atoms with Gasteiger partial charge in [-0.25, -0.2) is 4.98 Å². The molecule has 0 aliphatic heterocycles. The van der Waals surface area contributed by atoms with Crippen LogP contribution in [0.15, 0.2) is 38.9 Å². The number of anilines is 1. The number of rotatable bonds is 3. The molecule has 0 saturated carbocycles. The van der Waals surface area contributed by atoms with Crippen molar-refractivity contribution in [2.24, 2.45) is 0 Å². The lowest BCUT2D eigenvalue weighted by Gasteiger charge is -2.04. The van der Waals surface area contributed by atoms with E-state index in [0.29, 0.717) is 0 Å². The number of halogens is 2. The molecule has 1 N–H and O–H groups in total. The molecule has 5 heteroatoms. The monoisotopic (exact) mass is 346 g/mol. The summed E-state index contributed by atoms with van der Waals surface area (Å²) in [6.07, 6.45) is 1.81. The summed E-state index contributed by atoms with van der Waals surface area (Å²) in [7, 11) is 0. The molecule has 2 heterocycles. The van der Waals surface area contributed by atoms with Gasteiger partial charge in [-0.15, -0.1) is 11.3 Å². The number of nitrogens with one attached hydrogen (secondary N) is 1. The summed E-state index contributed by atoms with van der Waals surface area (Å²) in [5.41, 5.74) is 1.03. The fraction of sp³-hybridized carbons (Fsp3) is 0.100. The molecule has 2 aromatic rings. The van der Waals surface area contributed by atoms with Crippen LogP contribution in [0.25, 0.3) is 0 Å². The van der Waals surface area contributed by atoms with Crippen molar-refractivity contribution in [1.29, 1.82) is 0 Å². The van der Waals surface area contributed by atoms with Gasteiger partial charge in [0.05, 0.1) is 18.4 Å². The Labute approximate surface area is 109 Å². The van der Waals surface area contributed by atoms with Crippen LogP contribution in [-0.4, -0.2) is 4.98 Å². The summed E-state index contributed by atoms with van der Waals surface area (Å²) in [4.78, 5) is 5.44. The Morgan fingerprint density at radius 3 is 2.73 bits per heavy atom. The average Bonchev–Trinajstić information content (AvgIpc) is 2.63. The number of nitrogens with zero attached hydrogens (tertiary/aromatic N) is 1. The normalized spacial score (nSPS) is 10.3. The van der Waals surface area contributed by atoms with Gasteiger partial charge in [0, 0.05) is 9.35 Å². The lowest BCUT2D eigenvalue weighted by Crippen LogP contribution is -1.98. The summed E-state index contributed by atoms with van der Waals surface area (Å²) < 4.78 is 2.01. The minimum Gasteiger partial charge on any atom is -0.379 e. The molecule has 0 aliphatic carbocycles. The van der Waals surface area contributed by atoms with E-state index < -0.39 is 0 Å². The fourth-order valence-corrected chi connectivity index (χ4v) is 2.78. The van der Waals surface area contributed by atoms with Crippen molar-refractivity contribution < 1.29 is 0 Å². The quantitative estimate of drug-likeness (QED) is 0.838. The van der Waals surface area contributed by atoms with E-state index in [1.807, 2.05) is 18.3 Å². The van der Waals surface area contributed by atoms with E-state index in [1.165, 1.54) is 4.88 Å². The summed E-state index contributed by atoms with van der Waals surface area (Å²) in [6.45, 7) is 0.821. The lowest BCUT2D eigenvalue weighted by molar-refractivity contribution is 1.16. The number of hydrogen-bond acceptors (Lipinski definition) is 3. The van der Waals surface area contributed by atoms with Gasteiger partial charge in [-0.3, -0.25) is 0 Å². The Morgan fingerprint density at radius 1 is 1.27 bits per heavy atom. The third-order valence-electron chi connectivity index (χ3n) is 1.87. The zero-order chi connectivity index (χ0) is 10.7.